The molecule has 5 heteroatoms. The van der Waals surface area contributed by atoms with E-state index in [9.17, 15) is 9.18 Å². The van der Waals surface area contributed by atoms with Crippen LogP contribution in [0.15, 0.2) is 30.3 Å². The highest BCUT2D eigenvalue weighted by Gasteiger charge is 2.28. The molecule has 2 atom stereocenters. The van der Waals surface area contributed by atoms with Gasteiger partial charge in [0.25, 0.3) is 0 Å². The number of hydrogen-bond donors (Lipinski definition) is 1. The SMILES string of the molecule is NC1CC(CF)CN(C(=O)OCc2ccccc2)C1. The summed E-state index contributed by atoms with van der Waals surface area (Å²) in [7, 11) is 0. The first kappa shape index (κ1) is 13.8. The quantitative estimate of drug-likeness (QED) is 0.909. The largest absolute Gasteiger partial charge is 0.445 e. The van der Waals surface area contributed by atoms with E-state index in [1.165, 1.54) is 4.90 Å². The third kappa shape index (κ3) is 3.92. The predicted octanol–water partition coefficient (Wildman–Crippen LogP) is 1.94. The zero-order valence-electron chi connectivity index (χ0n) is 10.8. The smallest absolute Gasteiger partial charge is 0.410 e. The lowest BCUT2D eigenvalue weighted by Crippen LogP contribution is -2.50. The van der Waals surface area contributed by atoms with Crippen LogP contribution in [0.3, 0.4) is 0 Å². The number of rotatable bonds is 3. The molecule has 19 heavy (non-hydrogen) atoms. The van der Waals surface area contributed by atoms with Gasteiger partial charge in [-0.2, -0.15) is 0 Å². The van der Waals surface area contributed by atoms with Gasteiger partial charge in [0.05, 0.1) is 6.67 Å². The van der Waals surface area contributed by atoms with Gasteiger partial charge in [-0.05, 0) is 12.0 Å². The Bertz CT molecular complexity index is 413. The molecule has 2 N–H and O–H groups in total. The van der Waals surface area contributed by atoms with E-state index in [1.807, 2.05) is 30.3 Å². The average molecular weight is 266 g/mol. The molecule has 1 aliphatic heterocycles. The first-order valence-electron chi connectivity index (χ1n) is 6.46. The van der Waals surface area contributed by atoms with Gasteiger partial charge in [0.15, 0.2) is 0 Å². The summed E-state index contributed by atoms with van der Waals surface area (Å²) in [6.07, 6.45) is 0.205. The molecule has 1 aliphatic rings. The van der Waals surface area contributed by atoms with Crippen molar-refractivity contribution in [3.63, 3.8) is 0 Å². The number of piperidine rings is 1. The van der Waals surface area contributed by atoms with Gasteiger partial charge in [-0.15, -0.1) is 0 Å². The van der Waals surface area contributed by atoms with Crippen molar-refractivity contribution in [2.75, 3.05) is 19.8 Å². The van der Waals surface area contributed by atoms with Crippen molar-refractivity contribution >= 4 is 6.09 Å². The number of halogens is 1. The molecule has 1 aromatic rings. The monoisotopic (exact) mass is 266 g/mol. The highest BCUT2D eigenvalue weighted by atomic mass is 19.1. The number of likely N-dealkylation sites (tertiary alicyclic amines) is 1. The minimum atomic E-state index is -0.448. The number of carbonyl (C=O) groups excluding carboxylic acids is 1. The first-order valence-corrected chi connectivity index (χ1v) is 6.46. The molecule has 1 fully saturated rings. The van der Waals surface area contributed by atoms with E-state index in [1.54, 1.807) is 0 Å². The number of hydrogen-bond acceptors (Lipinski definition) is 3. The molecule has 0 aromatic heterocycles. The maximum absolute atomic E-state index is 12.7. The molecule has 4 nitrogen and oxygen atoms in total. The van der Waals surface area contributed by atoms with Gasteiger partial charge in [0, 0.05) is 25.0 Å². The van der Waals surface area contributed by atoms with Crippen LogP contribution < -0.4 is 5.73 Å². The van der Waals surface area contributed by atoms with Crippen LogP contribution in [0.5, 0.6) is 0 Å². The number of carbonyl (C=O) groups is 1. The molecular weight excluding hydrogens is 247 g/mol. The summed E-state index contributed by atoms with van der Waals surface area (Å²) in [5.41, 5.74) is 6.75. The van der Waals surface area contributed by atoms with Crippen LogP contribution in [-0.2, 0) is 11.3 Å². The molecule has 104 valence electrons. The Kier molecular flexibility index (Phi) is 4.74. The van der Waals surface area contributed by atoms with E-state index in [2.05, 4.69) is 0 Å². The van der Waals surface area contributed by atoms with Crippen LogP contribution >= 0.6 is 0 Å². The highest BCUT2D eigenvalue weighted by molar-refractivity contribution is 5.67. The van der Waals surface area contributed by atoms with Crippen LogP contribution in [0.1, 0.15) is 12.0 Å². The van der Waals surface area contributed by atoms with Gasteiger partial charge in [-0.1, -0.05) is 30.3 Å². The first-order chi connectivity index (χ1) is 9.19. The minimum Gasteiger partial charge on any atom is -0.445 e. The molecule has 2 rings (SSSR count). The standard InChI is InChI=1S/C14H19FN2O2/c15-7-12-6-13(16)9-17(8-12)14(18)19-10-11-4-2-1-3-5-11/h1-5,12-13H,6-10,16H2. The maximum atomic E-state index is 12.7. The van der Waals surface area contributed by atoms with E-state index in [4.69, 9.17) is 10.5 Å². The summed E-state index contributed by atoms with van der Waals surface area (Å²) in [5.74, 6) is -0.173. The zero-order valence-corrected chi connectivity index (χ0v) is 10.8. The van der Waals surface area contributed by atoms with Crippen molar-refractivity contribution in [1.29, 1.82) is 0 Å². The van der Waals surface area contributed by atoms with Crippen LogP contribution in [0.4, 0.5) is 9.18 Å². The van der Waals surface area contributed by atoms with Crippen molar-refractivity contribution in [2.24, 2.45) is 11.7 Å². The Morgan fingerprint density at radius 1 is 1.37 bits per heavy atom. The second-order valence-electron chi connectivity index (χ2n) is 4.96. The van der Waals surface area contributed by atoms with Crippen LogP contribution in [0, 0.1) is 5.92 Å². The van der Waals surface area contributed by atoms with E-state index in [0.717, 1.165) is 5.56 Å². The minimum absolute atomic E-state index is 0.168. The molecule has 0 saturated carbocycles. The highest BCUT2D eigenvalue weighted by Crippen LogP contribution is 2.17. The van der Waals surface area contributed by atoms with Gasteiger partial charge in [0.2, 0.25) is 0 Å². The lowest BCUT2D eigenvalue weighted by Gasteiger charge is -2.34. The van der Waals surface area contributed by atoms with Crippen LogP contribution in [-0.4, -0.2) is 36.8 Å². The summed E-state index contributed by atoms with van der Waals surface area (Å²) < 4.78 is 17.9. The fourth-order valence-corrected chi connectivity index (χ4v) is 2.32. The second kappa shape index (κ2) is 6.52. The normalized spacial score (nSPS) is 23.2. The van der Waals surface area contributed by atoms with Crippen LogP contribution in [0.25, 0.3) is 0 Å². The molecule has 0 bridgehead atoms. The van der Waals surface area contributed by atoms with E-state index in [-0.39, 0.29) is 18.6 Å². The third-order valence-corrected chi connectivity index (χ3v) is 3.25. The Hall–Kier alpha value is -1.62. The molecule has 0 spiro atoms. The molecule has 0 aliphatic carbocycles. The molecular formula is C14H19FN2O2. The zero-order chi connectivity index (χ0) is 13.7. The molecule has 0 radical (unpaired) electrons. The molecule has 1 aromatic carbocycles. The number of nitrogens with zero attached hydrogens (tertiary/aromatic N) is 1. The van der Waals surface area contributed by atoms with Crippen LogP contribution in [0.2, 0.25) is 0 Å². The Balaban J connectivity index is 1.85. The Labute approximate surface area is 112 Å². The lowest BCUT2D eigenvalue weighted by molar-refractivity contribution is 0.0707. The summed E-state index contributed by atoms with van der Waals surface area (Å²) in [4.78, 5) is 13.4. The second-order valence-corrected chi connectivity index (χ2v) is 4.96. The summed E-state index contributed by atoms with van der Waals surface area (Å²) in [6.45, 7) is 0.601. The van der Waals surface area contributed by atoms with E-state index >= 15 is 0 Å². The third-order valence-electron chi connectivity index (χ3n) is 3.25. The predicted molar refractivity (Wildman–Crippen MR) is 70.3 cm³/mol. The number of nitrogens with two attached hydrogens (primary N) is 1. The molecule has 1 amide bonds. The van der Waals surface area contributed by atoms with Crippen molar-refractivity contribution < 1.29 is 13.9 Å². The van der Waals surface area contributed by atoms with Crippen molar-refractivity contribution in [2.45, 2.75) is 19.1 Å². The van der Waals surface area contributed by atoms with Crippen molar-refractivity contribution in [3.8, 4) is 0 Å². The number of amides is 1. The van der Waals surface area contributed by atoms with Gasteiger partial charge < -0.3 is 15.4 Å². The topological polar surface area (TPSA) is 55.6 Å². The van der Waals surface area contributed by atoms with E-state index < -0.39 is 12.8 Å². The summed E-state index contributed by atoms with van der Waals surface area (Å²) in [6, 6.07) is 9.29. The summed E-state index contributed by atoms with van der Waals surface area (Å²) >= 11 is 0. The maximum Gasteiger partial charge on any atom is 0.410 e. The van der Waals surface area contributed by atoms with Crippen molar-refractivity contribution in [3.05, 3.63) is 35.9 Å². The lowest BCUT2D eigenvalue weighted by atomic mass is 9.96. The molecule has 1 heterocycles. The molecule has 1 saturated heterocycles. The fraction of sp³-hybridized carbons (Fsp3) is 0.500. The van der Waals surface area contributed by atoms with Gasteiger partial charge in [0.1, 0.15) is 6.61 Å². The fourth-order valence-electron chi connectivity index (χ4n) is 2.32. The number of alkyl halides is 1. The summed E-state index contributed by atoms with van der Waals surface area (Å²) in [5, 5.41) is 0. The number of ether oxygens (including phenoxy) is 1. The number of benzene rings is 1. The Morgan fingerprint density at radius 3 is 2.79 bits per heavy atom. The molecule has 2 unspecified atom stereocenters. The Morgan fingerprint density at radius 2 is 2.11 bits per heavy atom. The van der Waals surface area contributed by atoms with Gasteiger partial charge in [-0.25, -0.2) is 4.79 Å². The average Bonchev–Trinajstić information content (AvgIpc) is 2.45. The van der Waals surface area contributed by atoms with Crippen molar-refractivity contribution in [1.82, 2.24) is 4.90 Å². The van der Waals surface area contributed by atoms with Gasteiger partial charge in [-0.3, -0.25) is 4.39 Å². The van der Waals surface area contributed by atoms with E-state index in [0.29, 0.717) is 19.5 Å². The van der Waals surface area contributed by atoms with Gasteiger partial charge >= 0.3 is 6.09 Å².